The molecule has 1 saturated heterocycles. The van der Waals surface area contributed by atoms with E-state index >= 15 is 0 Å². The minimum atomic E-state index is 0.0673. The topological polar surface area (TPSA) is 29.1 Å². The molecule has 1 fully saturated rings. The Kier molecular flexibility index (Phi) is 4.44. The van der Waals surface area contributed by atoms with Crippen molar-refractivity contribution in [3.05, 3.63) is 29.3 Å². The fourth-order valence-corrected chi connectivity index (χ4v) is 4.18. The number of nitrogens with one attached hydrogen (secondary N) is 1. The number of anilines is 1. The van der Waals surface area contributed by atoms with Crippen LogP contribution in [-0.2, 0) is 4.79 Å². The molecule has 1 amide bonds. The smallest absolute Gasteiger partial charge is 0.238 e. The lowest BCUT2D eigenvalue weighted by atomic mass is 10.3. The second kappa shape index (κ2) is 5.84. The van der Waals surface area contributed by atoms with Crippen molar-refractivity contribution in [2.24, 2.45) is 0 Å². The van der Waals surface area contributed by atoms with E-state index in [0.29, 0.717) is 5.02 Å². The van der Waals surface area contributed by atoms with Crippen molar-refractivity contribution in [3.63, 3.8) is 0 Å². The molecule has 0 spiro atoms. The molecule has 0 bridgehead atoms. The molecule has 1 N–H and O–H groups in total. The summed E-state index contributed by atoms with van der Waals surface area (Å²) in [6.07, 6.45) is 0. The Hall–Kier alpha value is -0.320. The molecule has 0 saturated carbocycles. The minimum absolute atomic E-state index is 0.0673. The minimum Gasteiger partial charge on any atom is -0.325 e. The van der Waals surface area contributed by atoms with Crippen molar-refractivity contribution in [1.82, 2.24) is 0 Å². The Morgan fingerprint density at radius 3 is 3.00 bits per heavy atom. The monoisotopic (exact) mass is 273 g/mol. The summed E-state index contributed by atoms with van der Waals surface area (Å²) in [6, 6.07) is 7.24. The van der Waals surface area contributed by atoms with Crippen LogP contribution in [0.15, 0.2) is 24.3 Å². The highest BCUT2D eigenvalue weighted by molar-refractivity contribution is 8.07. The maximum absolute atomic E-state index is 11.9. The summed E-state index contributed by atoms with van der Waals surface area (Å²) in [7, 11) is 0. The van der Waals surface area contributed by atoms with Gasteiger partial charge in [0, 0.05) is 28.0 Å². The molecule has 1 aromatic rings. The van der Waals surface area contributed by atoms with Crippen molar-refractivity contribution < 1.29 is 4.79 Å². The average molecular weight is 274 g/mol. The number of rotatable bonds is 2. The Morgan fingerprint density at radius 1 is 1.44 bits per heavy atom. The fourth-order valence-electron chi connectivity index (χ4n) is 1.43. The SMILES string of the molecule is O=C(Nc1cccc(Cl)c1)C1CSCCS1. The summed E-state index contributed by atoms with van der Waals surface area (Å²) in [5.74, 6) is 3.18. The van der Waals surface area contributed by atoms with Gasteiger partial charge >= 0.3 is 0 Å². The summed E-state index contributed by atoms with van der Waals surface area (Å²) in [5.41, 5.74) is 0.772. The Labute approximate surface area is 109 Å². The molecular weight excluding hydrogens is 262 g/mol. The van der Waals surface area contributed by atoms with Gasteiger partial charge in [0.15, 0.2) is 0 Å². The molecule has 0 aromatic heterocycles. The van der Waals surface area contributed by atoms with E-state index in [9.17, 15) is 4.79 Å². The second-order valence-corrected chi connectivity index (χ2v) is 6.33. The van der Waals surface area contributed by atoms with Crippen LogP contribution in [0.2, 0.25) is 5.02 Å². The zero-order valence-electron chi connectivity index (χ0n) is 8.61. The number of carbonyl (C=O) groups excluding carboxylic acids is 1. The normalized spacial score (nSPS) is 20.4. The zero-order valence-corrected chi connectivity index (χ0v) is 11.0. The maximum atomic E-state index is 11.9. The van der Waals surface area contributed by atoms with Crippen LogP contribution in [0.5, 0.6) is 0 Å². The van der Waals surface area contributed by atoms with E-state index in [1.54, 1.807) is 23.9 Å². The molecule has 1 atom stereocenters. The van der Waals surface area contributed by atoms with Crippen LogP contribution in [0, 0.1) is 0 Å². The van der Waals surface area contributed by atoms with Crippen molar-refractivity contribution in [2.45, 2.75) is 5.25 Å². The third-order valence-electron chi connectivity index (χ3n) is 2.20. The van der Waals surface area contributed by atoms with E-state index in [2.05, 4.69) is 5.32 Å². The van der Waals surface area contributed by atoms with Gasteiger partial charge in [-0.1, -0.05) is 17.7 Å². The highest BCUT2D eigenvalue weighted by Gasteiger charge is 2.21. The molecule has 1 aromatic carbocycles. The van der Waals surface area contributed by atoms with Gasteiger partial charge in [0.2, 0.25) is 5.91 Å². The van der Waals surface area contributed by atoms with Crippen molar-refractivity contribution in [3.8, 4) is 0 Å². The largest absolute Gasteiger partial charge is 0.325 e. The highest BCUT2D eigenvalue weighted by atomic mass is 35.5. The van der Waals surface area contributed by atoms with Crippen LogP contribution >= 0.6 is 35.1 Å². The number of hydrogen-bond acceptors (Lipinski definition) is 3. The number of halogens is 1. The first-order valence-electron chi connectivity index (χ1n) is 5.01. The van der Waals surface area contributed by atoms with Crippen LogP contribution < -0.4 is 5.32 Å². The summed E-state index contributed by atoms with van der Waals surface area (Å²) in [4.78, 5) is 11.9. The molecule has 2 rings (SSSR count). The van der Waals surface area contributed by atoms with E-state index in [4.69, 9.17) is 11.6 Å². The number of benzene rings is 1. The van der Waals surface area contributed by atoms with Crippen LogP contribution in [0.4, 0.5) is 5.69 Å². The van der Waals surface area contributed by atoms with Crippen molar-refractivity contribution >= 4 is 46.7 Å². The highest BCUT2D eigenvalue weighted by Crippen LogP contribution is 2.25. The number of hydrogen-bond donors (Lipinski definition) is 1. The Morgan fingerprint density at radius 2 is 2.31 bits per heavy atom. The number of carbonyl (C=O) groups is 1. The molecule has 2 nitrogen and oxygen atoms in total. The van der Waals surface area contributed by atoms with Gasteiger partial charge in [0.1, 0.15) is 0 Å². The van der Waals surface area contributed by atoms with Gasteiger partial charge in [-0.15, -0.1) is 11.8 Å². The summed E-state index contributed by atoms with van der Waals surface area (Å²) in [6.45, 7) is 0. The molecule has 1 aliphatic heterocycles. The molecule has 0 aliphatic carbocycles. The van der Waals surface area contributed by atoms with Crippen LogP contribution in [0.25, 0.3) is 0 Å². The number of amides is 1. The van der Waals surface area contributed by atoms with E-state index in [1.165, 1.54) is 0 Å². The maximum Gasteiger partial charge on any atom is 0.238 e. The standard InChI is InChI=1S/C11H12ClNOS2/c12-8-2-1-3-9(6-8)13-11(14)10-7-15-4-5-16-10/h1-3,6,10H,4-5,7H2,(H,13,14). The van der Waals surface area contributed by atoms with Gasteiger partial charge in [-0.3, -0.25) is 4.79 Å². The Bertz CT molecular complexity index is 380. The van der Waals surface area contributed by atoms with Gasteiger partial charge in [-0.2, -0.15) is 11.8 Å². The quantitative estimate of drug-likeness (QED) is 0.898. The number of thioether (sulfide) groups is 2. The molecule has 86 valence electrons. The third kappa shape index (κ3) is 3.34. The molecule has 0 radical (unpaired) electrons. The average Bonchev–Trinajstić information content (AvgIpc) is 2.30. The van der Waals surface area contributed by atoms with E-state index in [1.807, 2.05) is 23.9 Å². The van der Waals surface area contributed by atoms with Gasteiger partial charge in [-0.25, -0.2) is 0 Å². The lowest BCUT2D eigenvalue weighted by molar-refractivity contribution is -0.115. The van der Waals surface area contributed by atoms with Crippen molar-refractivity contribution in [1.29, 1.82) is 0 Å². The summed E-state index contributed by atoms with van der Waals surface area (Å²) < 4.78 is 0. The fraction of sp³-hybridized carbons (Fsp3) is 0.364. The van der Waals surface area contributed by atoms with Crippen LogP contribution in [-0.4, -0.2) is 28.4 Å². The summed E-state index contributed by atoms with van der Waals surface area (Å²) >= 11 is 9.42. The first kappa shape index (κ1) is 12.1. The van der Waals surface area contributed by atoms with Crippen molar-refractivity contribution in [2.75, 3.05) is 22.6 Å². The lowest BCUT2D eigenvalue weighted by Crippen LogP contribution is -2.30. The zero-order chi connectivity index (χ0) is 11.4. The van der Waals surface area contributed by atoms with Crippen LogP contribution in [0.1, 0.15) is 0 Å². The second-order valence-electron chi connectivity index (χ2n) is 3.43. The van der Waals surface area contributed by atoms with E-state index < -0.39 is 0 Å². The van der Waals surface area contributed by atoms with Gasteiger partial charge in [0.25, 0.3) is 0 Å². The Balaban J connectivity index is 1.96. The lowest BCUT2D eigenvalue weighted by Gasteiger charge is -2.20. The molecule has 16 heavy (non-hydrogen) atoms. The predicted octanol–water partition coefficient (Wildman–Crippen LogP) is 3.13. The first-order valence-corrected chi connectivity index (χ1v) is 7.59. The molecule has 1 unspecified atom stereocenters. The van der Waals surface area contributed by atoms with Crippen LogP contribution in [0.3, 0.4) is 0 Å². The third-order valence-corrected chi connectivity index (χ3v) is 5.19. The van der Waals surface area contributed by atoms with E-state index in [-0.39, 0.29) is 11.2 Å². The first-order chi connectivity index (χ1) is 7.75. The van der Waals surface area contributed by atoms with Gasteiger partial charge < -0.3 is 5.32 Å². The van der Waals surface area contributed by atoms with E-state index in [0.717, 1.165) is 22.9 Å². The molecule has 1 aliphatic rings. The molecule has 5 heteroatoms. The van der Waals surface area contributed by atoms with Gasteiger partial charge in [0.05, 0.1) is 5.25 Å². The molecular formula is C11H12ClNOS2. The molecule has 1 heterocycles. The van der Waals surface area contributed by atoms with Gasteiger partial charge in [-0.05, 0) is 18.2 Å². The predicted molar refractivity (Wildman–Crippen MR) is 73.7 cm³/mol. The summed E-state index contributed by atoms with van der Waals surface area (Å²) in [5, 5.41) is 3.60.